The maximum atomic E-state index is 13.1. The van der Waals surface area contributed by atoms with Crippen molar-refractivity contribution in [3.05, 3.63) is 67.7 Å². The predicted octanol–water partition coefficient (Wildman–Crippen LogP) is 4.63. The molecule has 0 unspecified atom stereocenters. The van der Waals surface area contributed by atoms with E-state index in [0.717, 1.165) is 13.1 Å². The van der Waals surface area contributed by atoms with Crippen LogP contribution in [0.5, 0.6) is 0 Å². The molecule has 0 aliphatic carbocycles. The molecule has 4 nitrogen and oxygen atoms in total. The van der Waals surface area contributed by atoms with Crippen LogP contribution in [0.25, 0.3) is 0 Å². The molecular weight excluding hydrogens is 397 g/mol. The average molecular weight is 411 g/mol. The third-order valence-corrected chi connectivity index (χ3v) is 5.88. The number of esters is 1. The molecule has 2 heterocycles. The molecule has 2 aliphatic heterocycles. The van der Waals surface area contributed by atoms with Crippen molar-refractivity contribution < 1.29 is 14.3 Å². The predicted molar refractivity (Wildman–Crippen MR) is 101 cm³/mol. The summed E-state index contributed by atoms with van der Waals surface area (Å²) in [5.74, 6) is -0.827. The van der Waals surface area contributed by atoms with E-state index in [9.17, 15) is 9.59 Å². The smallest absolute Gasteiger partial charge is 0.340 e. The number of piperidine rings is 1. The molecule has 26 heavy (non-hydrogen) atoms. The van der Waals surface area contributed by atoms with Gasteiger partial charge in [-0.05, 0) is 43.4 Å². The maximum absolute atomic E-state index is 13.1. The van der Waals surface area contributed by atoms with E-state index in [1.165, 1.54) is 12.1 Å². The first-order chi connectivity index (χ1) is 12.4. The summed E-state index contributed by atoms with van der Waals surface area (Å²) in [6.45, 7) is 1.46. The molecule has 2 aromatic rings. The van der Waals surface area contributed by atoms with Gasteiger partial charge >= 0.3 is 5.97 Å². The Kier molecular flexibility index (Phi) is 4.48. The van der Waals surface area contributed by atoms with E-state index in [4.69, 9.17) is 39.5 Å². The summed E-state index contributed by atoms with van der Waals surface area (Å²) in [5, 5.41) is 4.27. The van der Waals surface area contributed by atoms with E-state index in [2.05, 4.69) is 5.32 Å². The number of hydrogen-bond donors (Lipinski definition) is 1. The molecular formula is C19H14Cl3NO3. The van der Waals surface area contributed by atoms with Crippen LogP contribution in [-0.2, 0) is 10.3 Å². The number of carbonyl (C=O) groups is 2. The van der Waals surface area contributed by atoms with Crippen LogP contribution in [0.2, 0.25) is 15.1 Å². The highest BCUT2D eigenvalue weighted by Gasteiger charge is 2.48. The van der Waals surface area contributed by atoms with Gasteiger partial charge in [-0.2, -0.15) is 0 Å². The molecule has 1 N–H and O–H groups in total. The molecule has 2 aliphatic rings. The van der Waals surface area contributed by atoms with Crippen molar-refractivity contribution in [3.63, 3.8) is 0 Å². The second-order valence-electron chi connectivity index (χ2n) is 6.47. The second-order valence-corrected chi connectivity index (χ2v) is 7.72. The molecule has 1 spiro atoms. The van der Waals surface area contributed by atoms with Gasteiger partial charge in [0.25, 0.3) is 0 Å². The summed E-state index contributed by atoms with van der Waals surface area (Å²) in [6, 6.07) is 7.85. The monoisotopic (exact) mass is 409 g/mol. The van der Waals surface area contributed by atoms with Crippen molar-refractivity contribution in [3.8, 4) is 0 Å². The minimum absolute atomic E-state index is 0.228. The van der Waals surface area contributed by atoms with Crippen LogP contribution in [-0.4, -0.2) is 24.8 Å². The van der Waals surface area contributed by atoms with E-state index in [0.29, 0.717) is 39.6 Å². The lowest BCUT2D eigenvalue weighted by Gasteiger charge is -2.33. The van der Waals surface area contributed by atoms with Gasteiger partial charge in [0.2, 0.25) is 0 Å². The lowest BCUT2D eigenvalue weighted by Crippen LogP contribution is -2.40. The molecule has 7 heteroatoms. The average Bonchev–Trinajstić information content (AvgIpc) is 2.88. The summed E-state index contributed by atoms with van der Waals surface area (Å²) in [5.41, 5.74) is 0.844. The number of hydrogen-bond acceptors (Lipinski definition) is 4. The van der Waals surface area contributed by atoms with Crippen molar-refractivity contribution in [2.24, 2.45) is 0 Å². The molecule has 4 rings (SSSR count). The summed E-state index contributed by atoms with van der Waals surface area (Å²) in [7, 11) is 0. The van der Waals surface area contributed by atoms with E-state index >= 15 is 0 Å². The van der Waals surface area contributed by atoms with Crippen LogP contribution in [0.15, 0.2) is 30.3 Å². The Labute approximate surface area is 165 Å². The summed E-state index contributed by atoms with van der Waals surface area (Å²) < 4.78 is 5.75. The zero-order valence-electron chi connectivity index (χ0n) is 13.6. The van der Waals surface area contributed by atoms with Crippen molar-refractivity contribution in [1.82, 2.24) is 5.32 Å². The van der Waals surface area contributed by atoms with Gasteiger partial charge < -0.3 is 10.1 Å². The molecule has 0 radical (unpaired) electrons. The standard InChI is InChI=1S/C19H14Cl3NO3/c20-11-8-12(17(24)10-1-2-14(21)15(22)7-10)16-13(9-11)19(26-18(16)25)3-5-23-6-4-19/h1-2,7-9,23H,3-6H2. The molecule has 134 valence electrons. The zero-order chi connectivity index (χ0) is 18.5. The first-order valence-corrected chi connectivity index (χ1v) is 9.32. The van der Waals surface area contributed by atoms with Crippen molar-refractivity contribution in [1.29, 1.82) is 0 Å². The largest absolute Gasteiger partial charge is 0.450 e. The minimum Gasteiger partial charge on any atom is -0.450 e. The Bertz CT molecular complexity index is 936. The van der Waals surface area contributed by atoms with Crippen LogP contribution in [0, 0.1) is 0 Å². The third kappa shape index (κ3) is 2.81. The van der Waals surface area contributed by atoms with Gasteiger partial charge in [-0.15, -0.1) is 0 Å². The number of ether oxygens (including phenoxy) is 1. The first kappa shape index (κ1) is 17.8. The Morgan fingerprint density at radius 2 is 1.77 bits per heavy atom. The van der Waals surface area contributed by atoms with Crippen LogP contribution < -0.4 is 5.32 Å². The molecule has 0 bridgehead atoms. The first-order valence-electron chi connectivity index (χ1n) is 8.19. The number of halogens is 3. The highest BCUT2D eigenvalue weighted by atomic mass is 35.5. The fraction of sp³-hybridized carbons (Fsp3) is 0.263. The summed E-state index contributed by atoms with van der Waals surface area (Å²) in [6.07, 6.45) is 1.29. The van der Waals surface area contributed by atoms with E-state index < -0.39 is 11.6 Å². The molecule has 0 atom stereocenters. The van der Waals surface area contributed by atoms with E-state index in [-0.39, 0.29) is 16.4 Å². The number of ketones is 1. The molecule has 0 amide bonds. The third-order valence-electron chi connectivity index (χ3n) is 4.92. The SMILES string of the molecule is O=C(c1ccc(Cl)c(Cl)c1)c1cc(Cl)cc2c1C(=O)OC21CCNCC1. The number of fused-ring (bicyclic) bond motifs is 2. The van der Waals surface area contributed by atoms with Crippen molar-refractivity contribution in [2.75, 3.05) is 13.1 Å². The molecule has 0 saturated carbocycles. The van der Waals surface area contributed by atoms with Crippen molar-refractivity contribution in [2.45, 2.75) is 18.4 Å². The lowest BCUT2D eigenvalue weighted by molar-refractivity contribution is -0.0242. The van der Waals surface area contributed by atoms with Crippen LogP contribution in [0.1, 0.15) is 44.7 Å². The quantitative estimate of drug-likeness (QED) is 0.579. The zero-order valence-corrected chi connectivity index (χ0v) is 15.8. The number of nitrogens with one attached hydrogen (secondary N) is 1. The lowest BCUT2D eigenvalue weighted by atomic mass is 9.82. The minimum atomic E-state index is -0.713. The Hall–Kier alpha value is -1.59. The van der Waals surface area contributed by atoms with E-state index in [1.54, 1.807) is 18.2 Å². The molecule has 1 saturated heterocycles. The molecule has 1 fully saturated rings. The van der Waals surface area contributed by atoms with Gasteiger partial charge in [0.1, 0.15) is 5.60 Å². The number of rotatable bonds is 2. The van der Waals surface area contributed by atoms with Crippen LogP contribution in [0.4, 0.5) is 0 Å². The van der Waals surface area contributed by atoms with Crippen molar-refractivity contribution >= 4 is 46.6 Å². The highest BCUT2D eigenvalue weighted by Crippen LogP contribution is 2.45. The van der Waals surface area contributed by atoms with E-state index in [1.807, 2.05) is 0 Å². The van der Waals surface area contributed by atoms with Crippen LogP contribution >= 0.6 is 34.8 Å². The normalized spacial score (nSPS) is 17.9. The molecule has 2 aromatic carbocycles. The van der Waals surface area contributed by atoms with Gasteiger partial charge in [-0.3, -0.25) is 4.79 Å². The Morgan fingerprint density at radius 3 is 2.46 bits per heavy atom. The Balaban J connectivity index is 1.86. The van der Waals surface area contributed by atoms with Crippen LogP contribution in [0.3, 0.4) is 0 Å². The molecule has 0 aromatic heterocycles. The summed E-state index contributed by atoms with van der Waals surface area (Å²) in [4.78, 5) is 25.7. The Morgan fingerprint density at radius 1 is 1.04 bits per heavy atom. The second kappa shape index (κ2) is 6.54. The van der Waals surface area contributed by atoms with Gasteiger partial charge in [-0.25, -0.2) is 4.79 Å². The van der Waals surface area contributed by atoms with Gasteiger partial charge in [0, 0.05) is 34.6 Å². The topological polar surface area (TPSA) is 55.4 Å². The maximum Gasteiger partial charge on any atom is 0.340 e. The fourth-order valence-electron chi connectivity index (χ4n) is 3.64. The van der Waals surface area contributed by atoms with Gasteiger partial charge in [-0.1, -0.05) is 34.8 Å². The number of benzene rings is 2. The highest BCUT2D eigenvalue weighted by molar-refractivity contribution is 6.42. The number of carbonyl (C=O) groups excluding carboxylic acids is 2. The van der Waals surface area contributed by atoms with Gasteiger partial charge in [0.15, 0.2) is 5.78 Å². The summed E-state index contributed by atoms with van der Waals surface area (Å²) >= 11 is 18.2. The fourth-order valence-corrected chi connectivity index (χ4v) is 4.16. The van der Waals surface area contributed by atoms with Gasteiger partial charge in [0.05, 0.1) is 15.6 Å².